The van der Waals surface area contributed by atoms with Gasteiger partial charge in [0.2, 0.25) is 5.89 Å². The van der Waals surface area contributed by atoms with E-state index in [4.69, 9.17) is 4.42 Å². The van der Waals surface area contributed by atoms with Crippen molar-refractivity contribution in [1.29, 1.82) is 0 Å². The highest BCUT2D eigenvalue weighted by molar-refractivity contribution is 9.10. The van der Waals surface area contributed by atoms with Crippen LogP contribution >= 0.6 is 15.9 Å². The van der Waals surface area contributed by atoms with Crippen LogP contribution in [0.25, 0.3) is 11.5 Å². The van der Waals surface area contributed by atoms with Crippen molar-refractivity contribution in [3.05, 3.63) is 70.5 Å². The van der Waals surface area contributed by atoms with E-state index in [2.05, 4.69) is 26.2 Å². The summed E-state index contributed by atoms with van der Waals surface area (Å²) in [5, 5.41) is 2.65. The molecule has 0 saturated heterocycles. The van der Waals surface area contributed by atoms with Crippen molar-refractivity contribution in [2.45, 2.75) is 6.18 Å². The van der Waals surface area contributed by atoms with Crippen LogP contribution in [0.3, 0.4) is 0 Å². The maximum absolute atomic E-state index is 12.6. The Labute approximate surface area is 148 Å². The first-order chi connectivity index (χ1) is 11.8. The fourth-order valence-electron chi connectivity index (χ4n) is 2.07. The average molecular weight is 411 g/mol. The van der Waals surface area contributed by atoms with Crippen LogP contribution in [0.1, 0.15) is 16.1 Å². The molecule has 0 fully saturated rings. The van der Waals surface area contributed by atoms with E-state index in [1.54, 1.807) is 18.2 Å². The van der Waals surface area contributed by atoms with Gasteiger partial charge in [0.05, 0.1) is 5.56 Å². The Balaban J connectivity index is 1.76. The normalized spacial score (nSPS) is 11.4. The quantitative estimate of drug-likeness (QED) is 0.630. The summed E-state index contributed by atoms with van der Waals surface area (Å²) in [5.74, 6) is -0.423. The molecule has 8 heteroatoms. The van der Waals surface area contributed by atoms with Gasteiger partial charge >= 0.3 is 6.18 Å². The highest BCUT2D eigenvalue weighted by Gasteiger charge is 2.30. The van der Waals surface area contributed by atoms with E-state index in [0.29, 0.717) is 11.3 Å². The SMILES string of the molecule is O=C(Nc1cccc(Br)c1)c1coc(-c2ccc(C(F)(F)F)cc2)n1. The number of amides is 1. The molecule has 1 heterocycles. The number of hydrogen-bond acceptors (Lipinski definition) is 3. The predicted molar refractivity (Wildman–Crippen MR) is 89.0 cm³/mol. The lowest BCUT2D eigenvalue weighted by Crippen LogP contribution is -2.12. The Kier molecular flexibility index (Phi) is 4.63. The van der Waals surface area contributed by atoms with Crippen LogP contribution in [-0.4, -0.2) is 10.9 Å². The van der Waals surface area contributed by atoms with Crippen LogP contribution in [0, 0.1) is 0 Å². The molecule has 0 unspecified atom stereocenters. The van der Waals surface area contributed by atoms with Crippen molar-refractivity contribution in [2.75, 3.05) is 5.32 Å². The monoisotopic (exact) mass is 410 g/mol. The number of anilines is 1. The van der Waals surface area contributed by atoms with Crippen LogP contribution in [0.5, 0.6) is 0 Å². The van der Waals surface area contributed by atoms with E-state index in [1.807, 2.05) is 6.07 Å². The van der Waals surface area contributed by atoms with Gasteiger partial charge in [-0.1, -0.05) is 22.0 Å². The maximum atomic E-state index is 12.6. The zero-order chi connectivity index (χ0) is 18.0. The minimum atomic E-state index is -4.41. The Bertz CT molecular complexity index is 905. The zero-order valence-corrected chi connectivity index (χ0v) is 14.1. The van der Waals surface area contributed by atoms with Crippen molar-refractivity contribution in [1.82, 2.24) is 4.98 Å². The second-order valence-electron chi connectivity index (χ2n) is 5.08. The standard InChI is InChI=1S/C17H10BrF3N2O2/c18-12-2-1-3-13(8-12)22-15(24)14-9-25-16(23-14)10-4-6-11(7-5-10)17(19,20)21/h1-9H,(H,22,24). The topological polar surface area (TPSA) is 55.1 Å². The number of rotatable bonds is 3. The molecule has 0 spiro atoms. The number of oxazole rings is 1. The first kappa shape index (κ1) is 17.2. The van der Waals surface area contributed by atoms with E-state index >= 15 is 0 Å². The van der Waals surface area contributed by atoms with Gasteiger partial charge in [-0.05, 0) is 42.5 Å². The lowest BCUT2D eigenvalue weighted by Gasteiger charge is -2.06. The van der Waals surface area contributed by atoms with Crippen molar-refractivity contribution in [2.24, 2.45) is 0 Å². The molecule has 0 aliphatic carbocycles. The zero-order valence-electron chi connectivity index (χ0n) is 12.5. The molecule has 3 aromatic rings. The highest BCUT2D eigenvalue weighted by atomic mass is 79.9. The highest BCUT2D eigenvalue weighted by Crippen LogP contribution is 2.30. The van der Waals surface area contributed by atoms with Crippen LogP contribution in [0.15, 0.2) is 63.7 Å². The van der Waals surface area contributed by atoms with Crippen molar-refractivity contribution in [3.8, 4) is 11.5 Å². The molecule has 128 valence electrons. The molecule has 2 aromatic carbocycles. The van der Waals surface area contributed by atoms with Gasteiger partial charge in [-0.25, -0.2) is 4.98 Å². The van der Waals surface area contributed by atoms with Crippen molar-refractivity contribution in [3.63, 3.8) is 0 Å². The molecule has 0 radical (unpaired) electrons. The number of carbonyl (C=O) groups excluding carboxylic acids is 1. The summed E-state index contributed by atoms with van der Waals surface area (Å²) >= 11 is 3.30. The summed E-state index contributed by atoms with van der Waals surface area (Å²) in [6.07, 6.45) is -3.26. The maximum Gasteiger partial charge on any atom is 0.416 e. The second kappa shape index (κ2) is 6.72. The minimum absolute atomic E-state index is 0.0230. The van der Waals surface area contributed by atoms with Gasteiger partial charge in [-0.3, -0.25) is 4.79 Å². The summed E-state index contributed by atoms with van der Waals surface area (Å²) in [7, 11) is 0. The summed E-state index contributed by atoms with van der Waals surface area (Å²) in [6, 6.07) is 11.3. The molecule has 1 N–H and O–H groups in total. The van der Waals surface area contributed by atoms with Crippen molar-refractivity contribution >= 4 is 27.5 Å². The van der Waals surface area contributed by atoms with Crippen LogP contribution < -0.4 is 5.32 Å². The first-order valence-electron chi connectivity index (χ1n) is 7.03. The van der Waals surface area contributed by atoms with E-state index in [1.165, 1.54) is 12.1 Å². The van der Waals surface area contributed by atoms with Crippen LogP contribution in [0.2, 0.25) is 0 Å². The predicted octanol–water partition coefficient (Wildman–Crippen LogP) is 5.38. The van der Waals surface area contributed by atoms with E-state index in [9.17, 15) is 18.0 Å². The first-order valence-corrected chi connectivity index (χ1v) is 7.82. The number of hydrogen-bond donors (Lipinski definition) is 1. The number of carbonyl (C=O) groups is 1. The molecule has 1 aromatic heterocycles. The molecule has 0 atom stereocenters. The molecule has 25 heavy (non-hydrogen) atoms. The Morgan fingerprint density at radius 3 is 2.48 bits per heavy atom. The summed E-state index contributed by atoms with van der Waals surface area (Å²) in [4.78, 5) is 16.2. The number of halogens is 4. The number of aromatic nitrogens is 1. The molecular weight excluding hydrogens is 401 g/mol. The largest absolute Gasteiger partial charge is 0.444 e. The molecule has 3 rings (SSSR count). The molecule has 4 nitrogen and oxygen atoms in total. The average Bonchev–Trinajstić information content (AvgIpc) is 3.04. The van der Waals surface area contributed by atoms with E-state index < -0.39 is 17.6 Å². The Hall–Kier alpha value is -2.61. The number of benzene rings is 2. The number of alkyl halides is 3. The van der Waals surface area contributed by atoms with Gasteiger partial charge in [0.25, 0.3) is 5.91 Å². The van der Waals surface area contributed by atoms with Gasteiger partial charge in [-0.15, -0.1) is 0 Å². The summed E-state index contributed by atoms with van der Waals surface area (Å²) in [6.45, 7) is 0. The Morgan fingerprint density at radius 2 is 1.84 bits per heavy atom. The smallest absolute Gasteiger partial charge is 0.416 e. The van der Waals surface area contributed by atoms with E-state index in [0.717, 1.165) is 22.9 Å². The fraction of sp³-hybridized carbons (Fsp3) is 0.0588. The Morgan fingerprint density at radius 1 is 1.12 bits per heavy atom. The van der Waals surface area contributed by atoms with Crippen LogP contribution in [0.4, 0.5) is 18.9 Å². The molecule has 1 amide bonds. The van der Waals surface area contributed by atoms with Gasteiger partial charge in [0.1, 0.15) is 6.26 Å². The number of nitrogens with zero attached hydrogens (tertiary/aromatic N) is 1. The van der Waals surface area contributed by atoms with Gasteiger partial charge in [0, 0.05) is 15.7 Å². The lowest BCUT2D eigenvalue weighted by atomic mass is 10.1. The van der Waals surface area contributed by atoms with Gasteiger partial charge in [0.15, 0.2) is 5.69 Å². The van der Waals surface area contributed by atoms with Crippen LogP contribution in [-0.2, 0) is 6.18 Å². The fourth-order valence-corrected chi connectivity index (χ4v) is 2.47. The third-order valence-electron chi connectivity index (χ3n) is 3.28. The number of nitrogens with one attached hydrogen (secondary N) is 1. The summed E-state index contributed by atoms with van der Waals surface area (Å²) < 4.78 is 43.7. The minimum Gasteiger partial charge on any atom is -0.444 e. The summed E-state index contributed by atoms with van der Waals surface area (Å²) in [5.41, 5.74) is 0.165. The second-order valence-corrected chi connectivity index (χ2v) is 5.99. The van der Waals surface area contributed by atoms with Gasteiger partial charge < -0.3 is 9.73 Å². The lowest BCUT2D eigenvalue weighted by molar-refractivity contribution is -0.137. The van der Waals surface area contributed by atoms with Gasteiger partial charge in [-0.2, -0.15) is 13.2 Å². The molecule has 0 aliphatic rings. The third kappa shape index (κ3) is 4.08. The third-order valence-corrected chi connectivity index (χ3v) is 3.77. The van der Waals surface area contributed by atoms with Crippen molar-refractivity contribution < 1.29 is 22.4 Å². The molecule has 0 saturated carbocycles. The molecule has 0 bridgehead atoms. The molecular formula is C17H10BrF3N2O2. The van der Waals surface area contributed by atoms with E-state index in [-0.39, 0.29) is 11.6 Å². The molecule has 0 aliphatic heterocycles.